The topological polar surface area (TPSA) is 88.5 Å². The minimum absolute atomic E-state index is 0.0449. The number of nitrogens with one attached hydrogen (secondary N) is 1. The van der Waals surface area contributed by atoms with Crippen LogP contribution in [0.1, 0.15) is 43.5 Å². The van der Waals surface area contributed by atoms with Gasteiger partial charge in [0.25, 0.3) is 0 Å². The smallest absolute Gasteiger partial charge is 0.337 e. The third-order valence-electron chi connectivity index (χ3n) is 3.53. The summed E-state index contributed by atoms with van der Waals surface area (Å²) < 4.78 is 5.69. The second kappa shape index (κ2) is 6.22. The zero-order chi connectivity index (χ0) is 15.5. The Labute approximate surface area is 123 Å². The van der Waals surface area contributed by atoms with Gasteiger partial charge in [0.05, 0.1) is 36.6 Å². The van der Waals surface area contributed by atoms with E-state index < -0.39 is 5.97 Å². The van der Waals surface area contributed by atoms with Crippen LogP contribution in [0.5, 0.6) is 0 Å². The van der Waals surface area contributed by atoms with Gasteiger partial charge >= 0.3 is 5.97 Å². The van der Waals surface area contributed by atoms with Gasteiger partial charge in [-0.05, 0) is 24.3 Å². The number of anilines is 1. The number of aromatic nitrogens is 1. The molecular weight excluding hydrogens is 272 g/mol. The van der Waals surface area contributed by atoms with E-state index in [2.05, 4.69) is 24.1 Å². The lowest BCUT2D eigenvalue weighted by Gasteiger charge is -2.34. The van der Waals surface area contributed by atoms with Gasteiger partial charge in [0.15, 0.2) is 0 Å². The van der Waals surface area contributed by atoms with Crippen molar-refractivity contribution in [2.45, 2.75) is 39.2 Å². The number of carbonyl (C=O) groups excluding carboxylic acids is 1. The predicted octanol–water partition coefficient (Wildman–Crippen LogP) is 2.31. The quantitative estimate of drug-likeness (QED) is 0.889. The maximum atomic E-state index is 12.0. The molecule has 0 bridgehead atoms. The molecule has 6 nitrogen and oxygen atoms in total. The van der Waals surface area contributed by atoms with Gasteiger partial charge in [-0.25, -0.2) is 4.79 Å². The Hall–Kier alpha value is -1.95. The minimum Gasteiger partial charge on any atom is -0.478 e. The van der Waals surface area contributed by atoms with Crippen LogP contribution >= 0.6 is 0 Å². The first-order valence-electron chi connectivity index (χ1n) is 6.95. The van der Waals surface area contributed by atoms with Gasteiger partial charge in [-0.1, -0.05) is 13.8 Å². The summed E-state index contributed by atoms with van der Waals surface area (Å²) >= 11 is 0. The highest BCUT2D eigenvalue weighted by Crippen LogP contribution is 2.30. The van der Waals surface area contributed by atoms with Crippen LogP contribution in [0.2, 0.25) is 0 Å². The number of nitrogens with zero attached hydrogens (tertiary/aromatic N) is 1. The summed E-state index contributed by atoms with van der Waals surface area (Å²) in [6, 6.07) is 1.39. The lowest BCUT2D eigenvalue weighted by Crippen LogP contribution is -2.33. The number of hydrogen-bond acceptors (Lipinski definition) is 4. The van der Waals surface area contributed by atoms with Crippen LogP contribution in [0.15, 0.2) is 18.5 Å². The molecule has 2 N–H and O–H groups in total. The maximum absolute atomic E-state index is 12.0. The van der Waals surface area contributed by atoms with Gasteiger partial charge in [-0.15, -0.1) is 0 Å². The number of rotatable bonds is 4. The van der Waals surface area contributed by atoms with E-state index >= 15 is 0 Å². The van der Waals surface area contributed by atoms with Gasteiger partial charge in [0.2, 0.25) is 5.91 Å². The Balaban J connectivity index is 1.88. The highest BCUT2D eigenvalue weighted by molar-refractivity contribution is 5.93. The number of ether oxygens (including phenoxy) is 1. The normalized spacial score (nSPS) is 20.8. The average molecular weight is 292 g/mol. The first-order valence-corrected chi connectivity index (χ1v) is 6.95. The van der Waals surface area contributed by atoms with Gasteiger partial charge in [0.1, 0.15) is 0 Å². The molecule has 2 heterocycles. The largest absolute Gasteiger partial charge is 0.478 e. The Bertz CT molecular complexity index is 532. The molecule has 0 aliphatic carbocycles. The maximum Gasteiger partial charge on any atom is 0.337 e. The molecule has 1 aromatic heterocycles. The number of aromatic carboxylic acids is 1. The van der Waals surface area contributed by atoms with Crippen LogP contribution in [-0.4, -0.2) is 34.7 Å². The standard InChI is InChI=1S/C15H20N2O4/c1-15(2)4-3-12(21-9-15)6-13(18)17-11-5-10(14(19)20)7-16-8-11/h5,7-8,12H,3-4,6,9H2,1-2H3,(H,17,18)(H,19,20). The fourth-order valence-corrected chi connectivity index (χ4v) is 2.26. The predicted molar refractivity (Wildman–Crippen MR) is 77.2 cm³/mol. The van der Waals surface area contributed by atoms with E-state index in [-0.39, 0.29) is 29.4 Å². The number of carboxylic acid groups (broad SMARTS) is 1. The highest BCUT2D eigenvalue weighted by atomic mass is 16.5. The number of carboxylic acids is 1. The van der Waals surface area contributed by atoms with Crippen molar-refractivity contribution in [1.82, 2.24) is 4.98 Å². The van der Waals surface area contributed by atoms with Crippen molar-refractivity contribution in [3.05, 3.63) is 24.0 Å². The zero-order valence-corrected chi connectivity index (χ0v) is 12.3. The SMILES string of the molecule is CC1(C)CCC(CC(=O)Nc2cncc(C(=O)O)c2)OC1. The zero-order valence-electron chi connectivity index (χ0n) is 12.3. The number of pyridine rings is 1. The Kier molecular flexibility index (Phi) is 4.57. The first kappa shape index (κ1) is 15.4. The van der Waals surface area contributed by atoms with Gasteiger partial charge in [-0.2, -0.15) is 0 Å². The van der Waals surface area contributed by atoms with Crippen LogP contribution in [0, 0.1) is 5.41 Å². The molecule has 1 amide bonds. The molecule has 0 radical (unpaired) electrons. The van der Waals surface area contributed by atoms with Gasteiger partial charge in [0, 0.05) is 6.20 Å². The monoisotopic (exact) mass is 292 g/mol. The molecule has 114 valence electrons. The van der Waals surface area contributed by atoms with Crippen molar-refractivity contribution in [2.24, 2.45) is 5.41 Å². The van der Waals surface area contributed by atoms with E-state index in [0.29, 0.717) is 12.3 Å². The summed E-state index contributed by atoms with van der Waals surface area (Å²) in [4.78, 5) is 26.6. The molecule has 21 heavy (non-hydrogen) atoms. The van der Waals surface area contributed by atoms with Crippen molar-refractivity contribution < 1.29 is 19.4 Å². The van der Waals surface area contributed by atoms with Gasteiger partial charge in [-0.3, -0.25) is 9.78 Å². The van der Waals surface area contributed by atoms with Crippen LogP contribution < -0.4 is 5.32 Å². The molecule has 0 aromatic carbocycles. The molecule has 1 aliphatic heterocycles. The third-order valence-corrected chi connectivity index (χ3v) is 3.53. The van der Waals surface area contributed by atoms with Crippen molar-refractivity contribution in [2.75, 3.05) is 11.9 Å². The second-order valence-electron chi connectivity index (χ2n) is 6.16. The summed E-state index contributed by atoms with van der Waals surface area (Å²) in [7, 11) is 0. The van der Waals surface area contributed by atoms with Crippen LogP contribution in [0.25, 0.3) is 0 Å². The van der Waals surface area contributed by atoms with E-state index in [9.17, 15) is 9.59 Å². The number of carbonyl (C=O) groups is 2. The van der Waals surface area contributed by atoms with E-state index in [1.54, 1.807) is 0 Å². The summed E-state index contributed by atoms with van der Waals surface area (Å²) in [6.07, 6.45) is 4.75. The summed E-state index contributed by atoms with van der Waals surface area (Å²) in [5, 5.41) is 11.5. The van der Waals surface area contributed by atoms with Crippen LogP contribution in [0.4, 0.5) is 5.69 Å². The number of amides is 1. The second-order valence-corrected chi connectivity index (χ2v) is 6.16. The molecule has 2 rings (SSSR count). The van der Waals surface area contributed by atoms with Crippen molar-refractivity contribution in [3.8, 4) is 0 Å². The Morgan fingerprint density at radius 3 is 2.86 bits per heavy atom. The highest BCUT2D eigenvalue weighted by Gasteiger charge is 2.28. The molecular formula is C15H20N2O4. The molecule has 1 saturated heterocycles. The molecule has 1 aromatic rings. The summed E-state index contributed by atoms with van der Waals surface area (Å²) in [5.74, 6) is -1.26. The first-order chi connectivity index (χ1) is 9.85. The van der Waals surface area contributed by atoms with Crippen molar-refractivity contribution in [1.29, 1.82) is 0 Å². The minimum atomic E-state index is -1.07. The molecule has 1 unspecified atom stereocenters. The van der Waals surface area contributed by atoms with E-state index in [0.717, 1.165) is 12.8 Å². The summed E-state index contributed by atoms with van der Waals surface area (Å²) in [6.45, 7) is 4.94. The van der Waals surface area contributed by atoms with Crippen molar-refractivity contribution >= 4 is 17.6 Å². The average Bonchev–Trinajstić information content (AvgIpc) is 2.41. The molecule has 0 saturated carbocycles. The third kappa shape index (κ3) is 4.53. The molecule has 6 heteroatoms. The van der Waals surface area contributed by atoms with Crippen LogP contribution in [-0.2, 0) is 9.53 Å². The molecule has 1 aliphatic rings. The lowest BCUT2D eigenvalue weighted by molar-refractivity contribution is -0.122. The van der Waals surface area contributed by atoms with E-state index in [4.69, 9.17) is 9.84 Å². The van der Waals surface area contributed by atoms with E-state index in [1.165, 1.54) is 18.5 Å². The fourth-order valence-electron chi connectivity index (χ4n) is 2.26. The Morgan fingerprint density at radius 2 is 2.24 bits per heavy atom. The number of hydrogen-bond donors (Lipinski definition) is 2. The van der Waals surface area contributed by atoms with Gasteiger partial charge < -0.3 is 15.2 Å². The molecule has 0 spiro atoms. The summed E-state index contributed by atoms with van der Waals surface area (Å²) in [5.41, 5.74) is 0.603. The van der Waals surface area contributed by atoms with Crippen molar-refractivity contribution in [3.63, 3.8) is 0 Å². The van der Waals surface area contributed by atoms with Crippen LogP contribution in [0.3, 0.4) is 0 Å². The molecule has 1 fully saturated rings. The Morgan fingerprint density at radius 1 is 1.48 bits per heavy atom. The fraction of sp³-hybridized carbons (Fsp3) is 0.533. The molecule has 1 atom stereocenters. The van der Waals surface area contributed by atoms with E-state index in [1.807, 2.05) is 0 Å². The lowest BCUT2D eigenvalue weighted by atomic mass is 9.85.